The lowest BCUT2D eigenvalue weighted by Gasteiger charge is -2.14. The first-order chi connectivity index (χ1) is 8.40. The van der Waals surface area contributed by atoms with Crippen LogP contribution in [0.1, 0.15) is 13.8 Å². The van der Waals surface area contributed by atoms with Gasteiger partial charge in [-0.2, -0.15) is 0 Å². The molecule has 96 valence electrons. The molecule has 1 heterocycles. The van der Waals surface area contributed by atoms with Gasteiger partial charge in [0.15, 0.2) is 7.05 Å². The Morgan fingerprint density at radius 3 is 2.72 bits per heavy atom. The summed E-state index contributed by atoms with van der Waals surface area (Å²) >= 11 is 0. The molecule has 2 aromatic rings. The van der Waals surface area contributed by atoms with Gasteiger partial charge >= 0.3 is 7.60 Å². The molecule has 1 aromatic carbocycles. The monoisotopic (exact) mass is 267 g/mol. The van der Waals surface area contributed by atoms with Crippen LogP contribution >= 0.6 is 7.60 Å². The number of fused-ring (bicyclic) bond motifs is 1. The van der Waals surface area contributed by atoms with Crippen molar-refractivity contribution in [2.24, 2.45) is 7.05 Å². The van der Waals surface area contributed by atoms with Crippen LogP contribution in [-0.4, -0.2) is 16.1 Å². The second kappa shape index (κ2) is 4.76. The van der Waals surface area contributed by atoms with Crippen molar-refractivity contribution in [2.75, 3.05) is 0 Å². The van der Waals surface area contributed by atoms with Crippen molar-refractivity contribution in [3.63, 3.8) is 0 Å². The highest BCUT2D eigenvalue weighted by atomic mass is 31.2. The van der Waals surface area contributed by atoms with Gasteiger partial charge in [0, 0.05) is 5.39 Å². The number of hydrogen-bond donors (Lipinski definition) is 1. The van der Waals surface area contributed by atoms with Crippen LogP contribution in [0.4, 0.5) is 0 Å². The summed E-state index contributed by atoms with van der Waals surface area (Å²) in [5.41, 5.74) is 0.666. The predicted molar refractivity (Wildman–Crippen MR) is 68.6 cm³/mol. The van der Waals surface area contributed by atoms with Gasteiger partial charge in [-0.25, -0.2) is 0 Å². The van der Waals surface area contributed by atoms with Crippen LogP contribution in [0, 0.1) is 0 Å². The van der Waals surface area contributed by atoms with Crippen molar-refractivity contribution in [1.82, 2.24) is 5.10 Å². The minimum atomic E-state index is -3.83. The topological polar surface area (TPSA) is 63.3 Å². The third kappa shape index (κ3) is 2.58. The average molecular weight is 267 g/mol. The Bertz CT molecular complexity index is 628. The molecule has 0 fully saturated rings. The quantitative estimate of drug-likeness (QED) is 0.672. The number of benzene rings is 1. The number of rotatable bonds is 3. The molecule has 1 aromatic heterocycles. The second-order valence-corrected chi connectivity index (χ2v) is 6.11. The third-order valence-electron chi connectivity index (χ3n) is 2.41. The first-order valence-corrected chi connectivity index (χ1v) is 7.25. The number of nitrogens with zero attached hydrogens (tertiary/aromatic N) is 2. The van der Waals surface area contributed by atoms with Crippen molar-refractivity contribution in [1.29, 1.82) is 0 Å². The van der Waals surface area contributed by atoms with Crippen molar-refractivity contribution in [2.45, 2.75) is 20.0 Å². The Morgan fingerprint density at radius 2 is 2.06 bits per heavy atom. The van der Waals surface area contributed by atoms with E-state index in [1.54, 1.807) is 33.0 Å². The van der Waals surface area contributed by atoms with Crippen LogP contribution in [0.2, 0.25) is 0 Å². The Kier molecular flexibility index (Phi) is 3.48. The minimum Gasteiger partial charge on any atom is -0.321 e. The van der Waals surface area contributed by atoms with E-state index >= 15 is 0 Å². The Balaban J connectivity index is 2.66. The lowest BCUT2D eigenvalue weighted by Crippen LogP contribution is -2.36. The molecule has 0 aliphatic carbocycles. The smallest absolute Gasteiger partial charge is 0.321 e. The van der Waals surface area contributed by atoms with E-state index in [4.69, 9.17) is 4.52 Å². The molecule has 6 heteroatoms. The zero-order valence-electron chi connectivity index (χ0n) is 10.6. The molecule has 0 spiro atoms. The fourth-order valence-electron chi connectivity index (χ4n) is 1.79. The van der Waals surface area contributed by atoms with Crippen LogP contribution in [0.3, 0.4) is 0 Å². The average Bonchev–Trinajstić information content (AvgIpc) is 2.26. The Labute approximate surface area is 106 Å². The van der Waals surface area contributed by atoms with E-state index in [0.29, 0.717) is 10.9 Å². The number of aryl methyl sites for hydroxylation is 1. The van der Waals surface area contributed by atoms with Gasteiger partial charge in [0.25, 0.3) is 0 Å². The lowest BCUT2D eigenvalue weighted by molar-refractivity contribution is -0.727. The SMILES string of the molecule is CC(C)OP(=O)(O)c1c[n+](C)nc2ccccc12. The predicted octanol–water partition coefficient (Wildman–Crippen LogP) is 1.29. The first kappa shape index (κ1) is 13.1. The van der Waals surface area contributed by atoms with Gasteiger partial charge in [0.2, 0.25) is 6.20 Å². The van der Waals surface area contributed by atoms with Crippen LogP contribution in [0.5, 0.6) is 0 Å². The molecule has 0 bridgehead atoms. The van der Waals surface area contributed by atoms with Gasteiger partial charge in [0.1, 0.15) is 10.8 Å². The summed E-state index contributed by atoms with van der Waals surface area (Å²) in [6.45, 7) is 3.46. The fourth-order valence-corrected chi connectivity index (χ4v) is 3.28. The Hall–Kier alpha value is -1.29. The molecule has 1 N–H and O–H groups in total. The van der Waals surface area contributed by atoms with E-state index in [-0.39, 0.29) is 11.4 Å². The van der Waals surface area contributed by atoms with Crippen LogP contribution < -0.4 is 9.99 Å². The summed E-state index contributed by atoms with van der Waals surface area (Å²) in [7, 11) is -2.12. The molecule has 0 radical (unpaired) electrons. The molecular weight excluding hydrogens is 251 g/mol. The zero-order valence-corrected chi connectivity index (χ0v) is 11.5. The summed E-state index contributed by atoms with van der Waals surface area (Å²) in [4.78, 5) is 10.1. The van der Waals surface area contributed by atoms with Crippen molar-refractivity contribution >= 4 is 23.8 Å². The van der Waals surface area contributed by atoms with Gasteiger partial charge in [-0.1, -0.05) is 22.9 Å². The Morgan fingerprint density at radius 1 is 1.39 bits per heavy atom. The highest BCUT2D eigenvalue weighted by Crippen LogP contribution is 2.43. The summed E-state index contributed by atoms with van der Waals surface area (Å²) < 4.78 is 19.0. The van der Waals surface area contributed by atoms with Crippen LogP contribution in [0.15, 0.2) is 30.5 Å². The third-order valence-corrected chi connectivity index (χ3v) is 4.09. The summed E-state index contributed by atoms with van der Waals surface area (Å²) in [6, 6.07) is 7.21. The van der Waals surface area contributed by atoms with Gasteiger partial charge < -0.3 is 9.42 Å². The number of aromatic nitrogens is 2. The summed E-state index contributed by atoms with van der Waals surface area (Å²) in [5.74, 6) is 0. The van der Waals surface area contributed by atoms with E-state index < -0.39 is 7.60 Å². The molecule has 5 nitrogen and oxygen atoms in total. The summed E-state index contributed by atoms with van der Waals surface area (Å²) in [5, 5.41) is 5.18. The van der Waals surface area contributed by atoms with Crippen LogP contribution in [0.25, 0.3) is 10.9 Å². The minimum absolute atomic E-state index is 0.282. The largest absolute Gasteiger partial charge is 0.365 e. The maximum absolute atomic E-state index is 12.3. The molecule has 1 atom stereocenters. The van der Waals surface area contributed by atoms with Gasteiger partial charge in [0.05, 0.1) is 6.10 Å². The molecule has 0 saturated carbocycles. The van der Waals surface area contributed by atoms with Gasteiger partial charge in [-0.15, -0.1) is 0 Å². The highest BCUT2D eigenvalue weighted by molar-refractivity contribution is 7.61. The number of hydrogen-bond acceptors (Lipinski definition) is 3. The van der Waals surface area contributed by atoms with E-state index in [1.165, 1.54) is 10.9 Å². The van der Waals surface area contributed by atoms with E-state index in [0.717, 1.165) is 0 Å². The molecule has 0 aliphatic rings. The molecule has 0 saturated heterocycles. The van der Waals surface area contributed by atoms with E-state index in [9.17, 15) is 9.46 Å². The standard InChI is InChI=1S/C12H15N2O3P/c1-9(2)17-18(15,16)12-8-14(3)13-11-7-5-4-6-10(11)12/h4-9H,1-3H3/p+1. The maximum Gasteiger partial charge on any atom is 0.365 e. The zero-order chi connectivity index (χ0) is 13.3. The van der Waals surface area contributed by atoms with Crippen molar-refractivity contribution in [3.05, 3.63) is 30.5 Å². The van der Waals surface area contributed by atoms with Gasteiger partial charge in [-0.05, 0) is 25.0 Å². The highest BCUT2D eigenvalue weighted by Gasteiger charge is 2.30. The van der Waals surface area contributed by atoms with Crippen molar-refractivity contribution < 1.29 is 18.7 Å². The molecule has 0 aliphatic heterocycles. The van der Waals surface area contributed by atoms with E-state index in [2.05, 4.69) is 5.10 Å². The molecule has 2 rings (SSSR count). The van der Waals surface area contributed by atoms with Crippen molar-refractivity contribution in [3.8, 4) is 0 Å². The van der Waals surface area contributed by atoms with Crippen LogP contribution in [-0.2, 0) is 16.1 Å². The van der Waals surface area contributed by atoms with E-state index in [1.807, 2.05) is 12.1 Å². The first-order valence-electron chi connectivity index (χ1n) is 5.67. The fraction of sp³-hybridized carbons (Fsp3) is 0.333. The maximum atomic E-state index is 12.3. The van der Waals surface area contributed by atoms with Gasteiger partial charge in [-0.3, -0.25) is 4.57 Å². The summed E-state index contributed by atoms with van der Waals surface area (Å²) in [6.07, 6.45) is 1.21. The second-order valence-electron chi connectivity index (χ2n) is 4.38. The normalized spacial score (nSPS) is 14.9. The molecular formula is C12H16N2O3P+. The molecule has 18 heavy (non-hydrogen) atoms. The molecule has 0 amide bonds. The molecule has 1 unspecified atom stereocenters. The lowest BCUT2D eigenvalue weighted by atomic mass is 10.2.